The van der Waals surface area contributed by atoms with E-state index in [2.05, 4.69) is 32.6 Å². The van der Waals surface area contributed by atoms with Gasteiger partial charge in [-0.3, -0.25) is 0 Å². The summed E-state index contributed by atoms with van der Waals surface area (Å²) in [5.74, 6) is 0. The van der Waals surface area contributed by atoms with Crippen LogP contribution >= 0.6 is 33.9 Å². The average molecular weight is 316 g/mol. The number of fused-ring (bicyclic) bond motifs is 3. The third kappa shape index (κ3) is 1.27. The Balaban J connectivity index is 2.38. The summed E-state index contributed by atoms with van der Waals surface area (Å²) in [4.78, 5) is 11.3. The Morgan fingerprint density at radius 3 is 3.00 bits per heavy atom. The topological polar surface area (TPSA) is 25.8 Å². The third-order valence-electron chi connectivity index (χ3n) is 2.71. The summed E-state index contributed by atoms with van der Waals surface area (Å²) in [6.07, 6.45) is 6.80. The van der Waals surface area contributed by atoms with E-state index >= 15 is 0 Å². The van der Waals surface area contributed by atoms with E-state index in [-0.39, 0.29) is 0 Å². The van der Waals surface area contributed by atoms with Gasteiger partial charge in [-0.25, -0.2) is 9.97 Å². The molecule has 0 saturated heterocycles. The Morgan fingerprint density at radius 1 is 1.21 bits per heavy atom. The molecule has 0 fully saturated rings. The highest BCUT2D eigenvalue weighted by atomic mass is 127. The Kier molecular flexibility index (Phi) is 2.20. The molecule has 2 nitrogen and oxygen atoms in total. The molecular weight excluding hydrogens is 307 g/mol. The van der Waals surface area contributed by atoms with Crippen LogP contribution in [0.2, 0.25) is 0 Å². The highest BCUT2D eigenvalue weighted by Gasteiger charge is 2.18. The lowest BCUT2D eigenvalue weighted by atomic mass is 9.97. The summed E-state index contributed by atoms with van der Waals surface area (Å²) < 4.78 is 1.12. The van der Waals surface area contributed by atoms with Crippen molar-refractivity contribution in [1.29, 1.82) is 0 Å². The fourth-order valence-corrected chi connectivity index (χ4v) is 4.17. The van der Waals surface area contributed by atoms with Gasteiger partial charge in [-0.1, -0.05) is 0 Å². The highest BCUT2D eigenvalue weighted by Crippen LogP contribution is 2.36. The van der Waals surface area contributed by atoms with Gasteiger partial charge in [-0.15, -0.1) is 11.3 Å². The Labute approximate surface area is 99.9 Å². The average Bonchev–Trinajstić information content (AvgIpc) is 2.57. The minimum atomic E-state index is 1.12. The molecule has 0 radical (unpaired) electrons. The van der Waals surface area contributed by atoms with Crippen molar-refractivity contribution in [1.82, 2.24) is 9.97 Å². The van der Waals surface area contributed by atoms with Crippen LogP contribution in [-0.4, -0.2) is 9.97 Å². The van der Waals surface area contributed by atoms with Crippen molar-refractivity contribution in [2.75, 3.05) is 0 Å². The molecule has 2 aromatic rings. The number of nitrogens with zero attached hydrogens (tertiary/aromatic N) is 2. The van der Waals surface area contributed by atoms with Crippen molar-refractivity contribution >= 4 is 44.1 Å². The molecule has 2 aromatic heterocycles. The van der Waals surface area contributed by atoms with E-state index in [4.69, 9.17) is 0 Å². The van der Waals surface area contributed by atoms with Crippen LogP contribution in [0, 0.1) is 3.70 Å². The van der Waals surface area contributed by atoms with Gasteiger partial charge in [0.15, 0.2) is 0 Å². The van der Waals surface area contributed by atoms with Gasteiger partial charge >= 0.3 is 0 Å². The van der Waals surface area contributed by atoms with Gasteiger partial charge in [0.1, 0.15) is 14.9 Å². The number of aromatic nitrogens is 2. The first-order valence-corrected chi connectivity index (χ1v) is 6.66. The van der Waals surface area contributed by atoms with Crippen LogP contribution in [0.3, 0.4) is 0 Å². The van der Waals surface area contributed by atoms with Gasteiger partial charge in [-0.05, 0) is 53.8 Å². The maximum atomic E-state index is 4.35. The number of hydrogen-bond donors (Lipinski definition) is 0. The minimum absolute atomic E-state index is 1.12. The fourth-order valence-electron chi connectivity index (χ4n) is 2.05. The molecule has 1 aliphatic rings. The van der Waals surface area contributed by atoms with Crippen LogP contribution < -0.4 is 0 Å². The molecule has 0 aromatic carbocycles. The van der Waals surface area contributed by atoms with Crippen LogP contribution in [0.25, 0.3) is 10.2 Å². The second kappa shape index (κ2) is 3.41. The van der Waals surface area contributed by atoms with Gasteiger partial charge in [0.2, 0.25) is 0 Å². The van der Waals surface area contributed by atoms with Gasteiger partial charge in [-0.2, -0.15) is 0 Å². The second-order valence-corrected chi connectivity index (χ2v) is 5.66. The molecule has 4 heteroatoms. The maximum absolute atomic E-state index is 4.35. The van der Waals surface area contributed by atoms with Crippen LogP contribution in [-0.2, 0) is 12.8 Å². The number of thiophene rings is 1. The largest absolute Gasteiger partial charge is 0.230 e. The summed E-state index contributed by atoms with van der Waals surface area (Å²) in [6, 6.07) is 0. The molecule has 0 unspecified atom stereocenters. The molecule has 0 amide bonds. The summed E-state index contributed by atoms with van der Waals surface area (Å²) in [5, 5.41) is 1.33. The summed E-state index contributed by atoms with van der Waals surface area (Å²) in [7, 11) is 0. The molecule has 72 valence electrons. The summed E-state index contributed by atoms with van der Waals surface area (Å²) in [5.41, 5.74) is 1.53. The van der Waals surface area contributed by atoms with Crippen LogP contribution in [0.4, 0.5) is 0 Å². The lowest BCUT2D eigenvalue weighted by Crippen LogP contribution is -1.98. The first-order chi connectivity index (χ1) is 6.86. The predicted octanol–water partition coefficient (Wildman–Crippen LogP) is 3.17. The van der Waals surface area contributed by atoms with Gasteiger partial charge < -0.3 is 0 Å². The van der Waals surface area contributed by atoms with Crippen molar-refractivity contribution in [2.45, 2.75) is 25.7 Å². The fraction of sp³-hybridized carbons (Fsp3) is 0.400. The quantitative estimate of drug-likeness (QED) is 0.551. The van der Waals surface area contributed by atoms with E-state index in [0.717, 1.165) is 3.70 Å². The lowest BCUT2D eigenvalue weighted by molar-refractivity contribution is 0.700. The number of aryl methyl sites for hydroxylation is 2. The Hall–Kier alpha value is -0.230. The molecule has 0 spiro atoms. The Bertz CT molecular complexity index is 492. The monoisotopic (exact) mass is 316 g/mol. The molecular formula is C10H9IN2S. The molecule has 1 aliphatic carbocycles. The lowest BCUT2D eigenvalue weighted by Gasteiger charge is -2.10. The molecule has 0 bridgehead atoms. The zero-order valence-electron chi connectivity index (χ0n) is 7.59. The molecule has 3 rings (SSSR count). The normalized spacial score (nSPS) is 15.8. The first-order valence-electron chi connectivity index (χ1n) is 4.77. The molecule has 14 heavy (non-hydrogen) atoms. The zero-order valence-corrected chi connectivity index (χ0v) is 10.6. The number of halogens is 1. The van der Waals surface area contributed by atoms with E-state index < -0.39 is 0 Å². The van der Waals surface area contributed by atoms with Crippen molar-refractivity contribution in [2.24, 2.45) is 0 Å². The molecule has 0 N–H and O–H groups in total. The van der Waals surface area contributed by atoms with Crippen LogP contribution in [0.15, 0.2) is 6.33 Å². The van der Waals surface area contributed by atoms with Crippen LogP contribution in [0.5, 0.6) is 0 Å². The third-order valence-corrected chi connectivity index (χ3v) is 4.72. The van der Waals surface area contributed by atoms with Crippen molar-refractivity contribution in [3.63, 3.8) is 0 Å². The predicted molar refractivity (Wildman–Crippen MR) is 66.8 cm³/mol. The Morgan fingerprint density at radius 2 is 2.07 bits per heavy atom. The van der Waals surface area contributed by atoms with E-state index in [0.29, 0.717) is 0 Å². The molecule has 0 aliphatic heterocycles. The van der Waals surface area contributed by atoms with Crippen LogP contribution in [0.1, 0.15) is 23.3 Å². The smallest absolute Gasteiger partial charge is 0.128 e. The second-order valence-electron chi connectivity index (χ2n) is 3.56. The van der Waals surface area contributed by atoms with Gasteiger partial charge in [0, 0.05) is 10.3 Å². The van der Waals surface area contributed by atoms with Crippen molar-refractivity contribution in [3.05, 3.63) is 20.5 Å². The van der Waals surface area contributed by atoms with E-state index in [1.165, 1.54) is 41.5 Å². The maximum Gasteiger partial charge on any atom is 0.128 e. The molecule has 0 saturated carbocycles. The van der Waals surface area contributed by atoms with Crippen molar-refractivity contribution < 1.29 is 0 Å². The SMILES string of the molecule is Ic1ncnc2sc3c(c12)CCCC3. The minimum Gasteiger partial charge on any atom is -0.230 e. The number of rotatable bonds is 0. The number of hydrogen-bond acceptors (Lipinski definition) is 3. The standard InChI is InChI=1S/C10H9IN2S/c11-9-8-6-3-1-2-4-7(6)14-10(8)13-5-12-9/h5H,1-4H2. The van der Waals surface area contributed by atoms with Gasteiger partial charge in [0.05, 0.1) is 0 Å². The molecule has 2 heterocycles. The van der Waals surface area contributed by atoms with Gasteiger partial charge in [0.25, 0.3) is 0 Å². The van der Waals surface area contributed by atoms with Crippen molar-refractivity contribution in [3.8, 4) is 0 Å². The highest BCUT2D eigenvalue weighted by molar-refractivity contribution is 14.1. The summed E-state index contributed by atoms with van der Waals surface area (Å²) in [6.45, 7) is 0. The first kappa shape index (κ1) is 9.03. The summed E-state index contributed by atoms with van der Waals surface area (Å²) >= 11 is 4.17. The van der Waals surface area contributed by atoms with E-state index in [1.807, 2.05) is 11.3 Å². The molecule has 0 atom stereocenters. The zero-order chi connectivity index (χ0) is 9.54. The van der Waals surface area contributed by atoms with E-state index in [1.54, 1.807) is 11.2 Å². The van der Waals surface area contributed by atoms with E-state index in [9.17, 15) is 0 Å².